The first-order valence-corrected chi connectivity index (χ1v) is 6.14. The number of hydrogen-bond acceptors (Lipinski definition) is 3. The van der Waals surface area contributed by atoms with Crippen LogP contribution in [-0.2, 0) is 7.05 Å². The molecule has 2 heterocycles. The Bertz CT molecular complexity index is 339. The van der Waals surface area contributed by atoms with E-state index >= 15 is 0 Å². The third kappa shape index (κ3) is 2.76. The van der Waals surface area contributed by atoms with Crippen molar-refractivity contribution in [3.63, 3.8) is 0 Å². The average Bonchev–Trinajstić information content (AvgIpc) is 2.78. The van der Waals surface area contributed by atoms with Gasteiger partial charge in [0.15, 0.2) is 0 Å². The molecular formula is C12H22N4. The number of imidazole rings is 1. The topological polar surface area (TPSA) is 33.1 Å². The van der Waals surface area contributed by atoms with Crippen molar-refractivity contribution in [3.05, 3.63) is 11.9 Å². The summed E-state index contributed by atoms with van der Waals surface area (Å²) in [6.45, 7) is 7.88. The Morgan fingerprint density at radius 3 is 2.69 bits per heavy atom. The Labute approximate surface area is 97.7 Å². The van der Waals surface area contributed by atoms with Crippen molar-refractivity contribution in [3.8, 4) is 0 Å². The molecule has 0 aliphatic carbocycles. The molecule has 1 N–H and O–H groups in total. The van der Waals surface area contributed by atoms with Gasteiger partial charge in [-0.15, -0.1) is 0 Å². The van der Waals surface area contributed by atoms with Gasteiger partial charge in [0, 0.05) is 25.8 Å². The minimum absolute atomic E-state index is 0.457. The lowest BCUT2D eigenvalue weighted by molar-refractivity contribution is 0.327. The highest BCUT2D eigenvalue weighted by molar-refractivity contribution is 5.29. The number of nitrogens with zero attached hydrogens (tertiary/aromatic N) is 3. The summed E-state index contributed by atoms with van der Waals surface area (Å²) in [7, 11) is 2.03. The summed E-state index contributed by atoms with van der Waals surface area (Å²) in [6.07, 6.45) is 4.76. The van der Waals surface area contributed by atoms with Crippen molar-refractivity contribution in [1.29, 1.82) is 0 Å². The lowest BCUT2D eigenvalue weighted by Gasteiger charge is -2.21. The van der Waals surface area contributed by atoms with E-state index in [1.807, 2.05) is 20.2 Å². The number of hydrogen-bond donors (Lipinski definition) is 1. The summed E-state index contributed by atoms with van der Waals surface area (Å²) in [5.74, 6) is 0.976. The highest BCUT2D eigenvalue weighted by Crippen LogP contribution is 2.11. The molecule has 1 aliphatic rings. The van der Waals surface area contributed by atoms with Crippen molar-refractivity contribution >= 4 is 5.95 Å². The minimum Gasteiger partial charge on any atom is -0.352 e. The van der Waals surface area contributed by atoms with Crippen molar-refractivity contribution in [2.75, 3.05) is 25.0 Å². The van der Waals surface area contributed by atoms with Crippen LogP contribution in [0.15, 0.2) is 6.20 Å². The summed E-state index contributed by atoms with van der Waals surface area (Å²) in [5.41, 5.74) is 1.07. The van der Waals surface area contributed by atoms with Gasteiger partial charge < -0.3 is 14.8 Å². The van der Waals surface area contributed by atoms with E-state index in [0.29, 0.717) is 6.04 Å². The molecule has 0 saturated carbocycles. The number of aryl methyl sites for hydroxylation is 2. The van der Waals surface area contributed by atoms with Gasteiger partial charge in [-0.3, -0.25) is 0 Å². The van der Waals surface area contributed by atoms with E-state index < -0.39 is 0 Å². The molecule has 4 nitrogen and oxygen atoms in total. The molecule has 4 heteroatoms. The van der Waals surface area contributed by atoms with Crippen LogP contribution in [0.2, 0.25) is 0 Å². The van der Waals surface area contributed by atoms with E-state index in [1.165, 1.54) is 25.9 Å². The molecule has 0 amide bonds. The van der Waals surface area contributed by atoms with Gasteiger partial charge in [0.2, 0.25) is 5.95 Å². The lowest BCUT2D eigenvalue weighted by atomic mass is 10.3. The van der Waals surface area contributed by atoms with Gasteiger partial charge in [0.1, 0.15) is 0 Å². The zero-order valence-electron chi connectivity index (χ0n) is 10.5. The summed E-state index contributed by atoms with van der Waals surface area (Å²) in [4.78, 5) is 6.98. The normalized spacial score (nSPS) is 18.9. The zero-order chi connectivity index (χ0) is 11.5. The Kier molecular flexibility index (Phi) is 3.49. The highest BCUT2D eigenvalue weighted by atomic mass is 15.2. The van der Waals surface area contributed by atoms with Crippen molar-refractivity contribution < 1.29 is 0 Å². The van der Waals surface area contributed by atoms with E-state index in [4.69, 9.17) is 0 Å². The Hall–Kier alpha value is -1.03. The van der Waals surface area contributed by atoms with Crippen LogP contribution in [0.25, 0.3) is 0 Å². The molecule has 90 valence electrons. The molecule has 0 aromatic carbocycles. The second-order valence-corrected chi connectivity index (χ2v) is 4.87. The SMILES string of the molecule is Cc1cn(C)c(NC(C)CN2CCCC2)n1. The van der Waals surface area contributed by atoms with Crippen LogP contribution >= 0.6 is 0 Å². The van der Waals surface area contributed by atoms with Gasteiger partial charge in [0.25, 0.3) is 0 Å². The van der Waals surface area contributed by atoms with Gasteiger partial charge >= 0.3 is 0 Å². The summed E-state index contributed by atoms with van der Waals surface area (Å²) in [6, 6.07) is 0.457. The molecule has 1 aromatic rings. The van der Waals surface area contributed by atoms with E-state index in [-0.39, 0.29) is 0 Å². The molecule has 0 bridgehead atoms. The molecule has 0 spiro atoms. The molecule has 16 heavy (non-hydrogen) atoms. The van der Waals surface area contributed by atoms with Crippen molar-refractivity contribution in [1.82, 2.24) is 14.5 Å². The standard InChI is InChI=1S/C12H22N4/c1-10-8-15(3)12(13-10)14-11(2)9-16-6-4-5-7-16/h8,11H,4-7,9H2,1-3H3,(H,13,14). The van der Waals surface area contributed by atoms with Gasteiger partial charge in [0.05, 0.1) is 5.69 Å². The number of aromatic nitrogens is 2. The predicted octanol–water partition coefficient (Wildman–Crippen LogP) is 1.62. The molecule has 2 rings (SSSR count). The Morgan fingerprint density at radius 2 is 2.12 bits per heavy atom. The average molecular weight is 222 g/mol. The van der Waals surface area contributed by atoms with Crippen molar-refractivity contribution in [2.45, 2.75) is 32.7 Å². The molecule has 1 unspecified atom stereocenters. The van der Waals surface area contributed by atoms with Gasteiger partial charge in [-0.05, 0) is 39.8 Å². The van der Waals surface area contributed by atoms with Crippen LogP contribution in [-0.4, -0.2) is 40.1 Å². The van der Waals surface area contributed by atoms with E-state index in [2.05, 4.69) is 26.7 Å². The number of anilines is 1. The molecule has 1 atom stereocenters. The molecule has 1 saturated heterocycles. The number of rotatable bonds is 4. The fraction of sp³-hybridized carbons (Fsp3) is 0.750. The Morgan fingerprint density at radius 1 is 1.44 bits per heavy atom. The molecule has 0 radical (unpaired) electrons. The van der Waals surface area contributed by atoms with Crippen LogP contribution in [0.5, 0.6) is 0 Å². The minimum atomic E-state index is 0.457. The third-order valence-electron chi connectivity index (χ3n) is 3.10. The molecular weight excluding hydrogens is 200 g/mol. The highest BCUT2D eigenvalue weighted by Gasteiger charge is 2.15. The first kappa shape index (κ1) is 11.5. The second-order valence-electron chi connectivity index (χ2n) is 4.87. The van der Waals surface area contributed by atoms with Crippen LogP contribution in [0.4, 0.5) is 5.95 Å². The van der Waals surface area contributed by atoms with Gasteiger partial charge in [-0.2, -0.15) is 0 Å². The van der Waals surface area contributed by atoms with E-state index in [0.717, 1.165) is 18.2 Å². The smallest absolute Gasteiger partial charge is 0.203 e. The fourth-order valence-corrected chi connectivity index (χ4v) is 2.37. The fourth-order valence-electron chi connectivity index (χ4n) is 2.37. The Balaban J connectivity index is 1.86. The maximum absolute atomic E-state index is 4.46. The first-order valence-electron chi connectivity index (χ1n) is 6.14. The predicted molar refractivity (Wildman–Crippen MR) is 66.7 cm³/mol. The van der Waals surface area contributed by atoms with E-state index in [9.17, 15) is 0 Å². The molecule has 1 aromatic heterocycles. The molecule has 1 fully saturated rings. The van der Waals surface area contributed by atoms with E-state index in [1.54, 1.807) is 0 Å². The first-order chi connectivity index (χ1) is 7.65. The lowest BCUT2D eigenvalue weighted by Crippen LogP contribution is -2.33. The second kappa shape index (κ2) is 4.87. The zero-order valence-corrected chi connectivity index (χ0v) is 10.5. The largest absolute Gasteiger partial charge is 0.352 e. The maximum Gasteiger partial charge on any atom is 0.203 e. The van der Waals surface area contributed by atoms with Crippen LogP contribution in [0, 0.1) is 6.92 Å². The van der Waals surface area contributed by atoms with Gasteiger partial charge in [-0.25, -0.2) is 4.98 Å². The summed E-state index contributed by atoms with van der Waals surface area (Å²) in [5, 5.41) is 3.47. The quantitative estimate of drug-likeness (QED) is 0.840. The maximum atomic E-state index is 4.46. The molecule has 1 aliphatic heterocycles. The summed E-state index contributed by atoms with van der Waals surface area (Å²) < 4.78 is 2.05. The van der Waals surface area contributed by atoms with Gasteiger partial charge in [-0.1, -0.05) is 0 Å². The number of nitrogens with one attached hydrogen (secondary N) is 1. The van der Waals surface area contributed by atoms with Crippen LogP contribution in [0.1, 0.15) is 25.5 Å². The number of likely N-dealkylation sites (tertiary alicyclic amines) is 1. The summed E-state index contributed by atoms with van der Waals surface area (Å²) >= 11 is 0. The monoisotopic (exact) mass is 222 g/mol. The van der Waals surface area contributed by atoms with Crippen LogP contribution in [0.3, 0.4) is 0 Å². The third-order valence-corrected chi connectivity index (χ3v) is 3.10. The van der Waals surface area contributed by atoms with Crippen molar-refractivity contribution in [2.24, 2.45) is 7.05 Å². The van der Waals surface area contributed by atoms with Crippen LogP contribution < -0.4 is 5.32 Å².